The number of nitriles is 1. The van der Waals surface area contributed by atoms with Crippen LogP contribution in [-0.2, 0) is 4.79 Å². The third-order valence-electron chi connectivity index (χ3n) is 3.82. The maximum Gasteiger partial charge on any atom is 0.222 e. The topological polar surface area (TPSA) is 47.3 Å². The molecule has 2 aliphatic heterocycles. The van der Waals surface area contributed by atoms with Crippen molar-refractivity contribution in [2.45, 2.75) is 19.3 Å². The first-order chi connectivity index (χ1) is 8.79. The molecule has 100 valence electrons. The second kappa shape index (κ2) is 7.01. The molecule has 0 N–H and O–H groups in total. The zero-order valence-corrected chi connectivity index (χ0v) is 11.6. The van der Waals surface area contributed by atoms with Crippen molar-refractivity contribution in [3.05, 3.63) is 0 Å². The van der Waals surface area contributed by atoms with Crippen molar-refractivity contribution in [1.29, 1.82) is 5.26 Å². The Labute approximate surface area is 113 Å². The van der Waals surface area contributed by atoms with E-state index in [-0.39, 0.29) is 0 Å². The Bertz CT molecular complexity index is 315. The largest absolute Gasteiger partial charge is 0.340 e. The predicted octanol–water partition coefficient (Wildman–Crippen LogP) is 1.19. The lowest BCUT2D eigenvalue weighted by Crippen LogP contribution is -2.49. The number of thioether (sulfide) groups is 1. The molecule has 0 saturated carbocycles. The summed E-state index contributed by atoms with van der Waals surface area (Å²) in [6, 6.07) is 2.17. The fourth-order valence-corrected chi connectivity index (χ4v) is 3.79. The fourth-order valence-electron chi connectivity index (χ4n) is 2.58. The van der Waals surface area contributed by atoms with Crippen molar-refractivity contribution < 1.29 is 4.79 Å². The van der Waals surface area contributed by atoms with Crippen LogP contribution in [0.4, 0.5) is 0 Å². The maximum atomic E-state index is 12.2. The molecule has 4 nitrogen and oxygen atoms in total. The Morgan fingerprint density at radius 2 is 1.89 bits per heavy atom. The van der Waals surface area contributed by atoms with Crippen LogP contribution >= 0.6 is 11.8 Å². The number of carbonyl (C=O) groups excluding carboxylic acids is 1. The van der Waals surface area contributed by atoms with Gasteiger partial charge in [-0.15, -0.1) is 0 Å². The van der Waals surface area contributed by atoms with E-state index in [1.54, 1.807) is 0 Å². The van der Waals surface area contributed by atoms with Crippen molar-refractivity contribution in [2.24, 2.45) is 5.92 Å². The van der Waals surface area contributed by atoms with Gasteiger partial charge < -0.3 is 4.90 Å². The highest BCUT2D eigenvalue weighted by Crippen LogP contribution is 2.25. The van der Waals surface area contributed by atoms with E-state index in [9.17, 15) is 4.79 Å². The lowest BCUT2D eigenvalue weighted by atomic mass is 9.98. The Kier molecular flexibility index (Phi) is 5.33. The molecule has 1 amide bonds. The molecule has 2 aliphatic rings. The molecule has 2 rings (SSSR count). The molecule has 0 aromatic heterocycles. The Hall–Kier alpha value is -0.730. The normalized spacial score (nSPS) is 22.7. The molecule has 2 fully saturated rings. The summed E-state index contributed by atoms with van der Waals surface area (Å²) in [7, 11) is 0. The van der Waals surface area contributed by atoms with E-state index in [1.165, 1.54) is 24.3 Å². The van der Waals surface area contributed by atoms with E-state index in [2.05, 4.69) is 11.0 Å². The van der Waals surface area contributed by atoms with E-state index in [0.717, 1.165) is 32.6 Å². The summed E-state index contributed by atoms with van der Waals surface area (Å²) in [6.07, 6.45) is 3.13. The molecule has 0 spiro atoms. The van der Waals surface area contributed by atoms with Crippen LogP contribution in [0.5, 0.6) is 0 Å². The van der Waals surface area contributed by atoms with Crippen molar-refractivity contribution in [1.82, 2.24) is 9.80 Å². The highest BCUT2D eigenvalue weighted by molar-refractivity contribution is 7.99. The molecular weight excluding hydrogens is 246 g/mol. The Morgan fingerprint density at radius 1 is 1.22 bits per heavy atom. The van der Waals surface area contributed by atoms with Crippen LogP contribution in [0.3, 0.4) is 0 Å². The van der Waals surface area contributed by atoms with Gasteiger partial charge in [-0.05, 0) is 30.3 Å². The zero-order valence-electron chi connectivity index (χ0n) is 10.8. The van der Waals surface area contributed by atoms with E-state index in [0.29, 0.717) is 18.4 Å². The third-order valence-corrected chi connectivity index (χ3v) is 4.87. The summed E-state index contributed by atoms with van der Waals surface area (Å²) in [5.74, 6) is 3.36. The molecule has 0 bridgehead atoms. The lowest BCUT2D eigenvalue weighted by molar-refractivity contribution is -0.133. The quantitative estimate of drug-likeness (QED) is 0.721. The molecule has 0 aliphatic carbocycles. The van der Waals surface area contributed by atoms with E-state index in [4.69, 9.17) is 5.26 Å². The lowest BCUT2D eigenvalue weighted by Gasteiger charge is -2.34. The molecular formula is C13H21N3OS. The molecule has 5 heteroatoms. The number of rotatable bonds is 3. The van der Waals surface area contributed by atoms with E-state index in [1.807, 2.05) is 16.7 Å². The average Bonchev–Trinajstić information content (AvgIpc) is 2.41. The second-order valence-corrected chi connectivity index (χ2v) is 6.30. The van der Waals surface area contributed by atoms with Gasteiger partial charge in [0.25, 0.3) is 0 Å². The van der Waals surface area contributed by atoms with E-state index >= 15 is 0 Å². The number of nitrogens with zero attached hydrogens (tertiary/aromatic N) is 3. The summed E-state index contributed by atoms with van der Waals surface area (Å²) >= 11 is 2.00. The van der Waals surface area contributed by atoms with Crippen LogP contribution in [-0.4, -0.2) is 59.9 Å². The minimum Gasteiger partial charge on any atom is -0.340 e. The number of piperazine rings is 1. The number of hydrogen-bond acceptors (Lipinski definition) is 4. The summed E-state index contributed by atoms with van der Waals surface area (Å²) < 4.78 is 0. The minimum atomic E-state index is 0.323. The Balaban J connectivity index is 1.72. The zero-order chi connectivity index (χ0) is 12.8. The summed E-state index contributed by atoms with van der Waals surface area (Å²) in [4.78, 5) is 16.3. The first-order valence-electron chi connectivity index (χ1n) is 6.74. The molecule has 2 saturated heterocycles. The van der Waals surface area contributed by atoms with Crippen molar-refractivity contribution in [2.75, 3.05) is 44.2 Å². The number of amides is 1. The third kappa shape index (κ3) is 3.89. The standard InChI is InChI=1S/C13H21N3OS/c14-3-4-15-5-7-16(8-6-15)13(17)11-12-1-9-18-10-2-12/h12H,1-2,4-11H2. The maximum absolute atomic E-state index is 12.2. The van der Waals surface area contributed by atoms with Gasteiger partial charge in [0, 0.05) is 32.6 Å². The van der Waals surface area contributed by atoms with Crippen LogP contribution in [0, 0.1) is 17.2 Å². The number of hydrogen-bond donors (Lipinski definition) is 0. The molecule has 2 heterocycles. The summed E-state index contributed by atoms with van der Waals surface area (Å²) in [5, 5.41) is 8.64. The van der Waals surface area contributed by atoms with Gasteiger partial charge in [0.05, 0.1) is 12.6 Å². The highest BCUT2D eigenvalue weighted by Gasteiger charge is 2.24. The van der Waals surface area contributed by atoms with Crippen molar-refractivity contribution >= 4 is 17.7 Å². The molecule has 18 heavy (non-hydrogen) atoms. The Morgan fingerprint density at radius 3 is 2.50 bits per heavy atom. The first kappa shape index (κ1) is 13.7. The molecule has 0 aromatic rings. The summed E-state index contributed by atoms with van der Waals surface area (Å²) in [6.45, 7) is 3.77. The van der Waals surface area contributed by atoms with Crippen LogP contribution < -0.4 is 0 Å². The van der Waals surface area contributed by atoms with Gasteiger partial charge in [-0.25, -0.2) is 0 Å². The molecule has 0 radical (unpaired) electrons. The van der Waals surface area contributed by atoms with Crippen LogP contribution in [0.25, 0.3) is 0 Å². The van der Waals surface area contributed by atoms with Gasteiger partial charge in [-0.1, -0.05) is 0 Å². The van der Waals surface area contributed by atoms with Gasteiger partial charge in [-0.2, -0.15) is 17.0 Å². The first-order valence-corrected chi connectivity index (χ1v) is 7.90. The minimum absolute atomic E-state index is 0.323. The average molecular weight is 267 g/mol. The molecule has 0 aromatic carbocycles. The second-order valence-electron chi connectivity index (χ2n) is 5.07. The van der Waals surface area contributed by atoms with Crippen LogP contribution in [0.1, 0.15) is 19.3 Å². The predicted molar refractivity (Wildman–Crippen MR) is 73.3 cm³/mol. The van der Waals surface area contributed by atoms with E-state index < -0.39 is 0 Å². The monoisotopic (exact) mass is 267 g/mol. The van der Waals surface area contributed by atoms with Crippen LogP contribution in [0.15, 0.2) is 0 Å². The number of carbonyl (C=O) groups is 1. The van der Waals surface area contributed by atoms with Gasteiger partial charge in [0.2, 0.25) is 5.91 Å². The molecule has 0 unspecified atom stereocenters. The van der Waals surface area contributed by atoms with Gasteiger partial charge >= 0.3 is 0 Å². The van der Waals surface area contributed by atoms with Crippen molar-refractivity contribution in [3.8, 4) is 6.07 Å². The van der Waals surface area contributed by atoms with Crippen LogP contribution in [0.2, 0.25) is 0 Å². The summed E-state index contributed by atoms with van der Waals surface area (Å²) in [5.41, 5.74) is 0. The van der Waals surface area contributed by atoms with Gasteiger partial charge in [-0.3, -0.25) is 9.69 Å². The van der Waals surface area contributed by atoms with Gasteiger partial charge in [0.1, 0.15) is 0 Å². The van der Waals surface area contributed by atoms with Gasteiger partial charge in [0.15, 0.2) is 0 Å². The van der Waals surface area contributed by atoms with Crippen molar-refractivity contribution in [3.63, 3.8) is 0 Å². The molecule has 0 atom stereocenters. The fraction of sp³-hybridized carbons (Fsp3) is 0.846. The smallest absolute Gasteiger partial charge is 0.222 e. The highest BCUT2D eigenvalue weighted by atomic mass is 32.2. The SMILES string of the molecule is N#CCN1CCN(C(=O)CC2CCSCC2)CC1.